The molecular weight excluding hydrogens is 356 g/mol. The van der Waals surface area contributed by atoms with E-state index in [4.69, 9.17) is 4.42 Å². The van der Waals surface area contributed by atoms with Gasteiger partial charge < -0.3 is 9.73 Å². The van der Waals surface area contributed by atoms with Gasteiger partial charge in [0.15, 0.2) is 0 Å². The smallest absolute Gasteiger partial charge is 0.276 e. The van der Waals surface area contributed by atoms with Gasteiger partial charge in [-0.2, -0.15) is 4.31 Å². The molecule has 7 heteroatoms. The molecule has 0 bridgehead atoms. The summed E-state index contributed by atoms with van der Waals surface area (Å²) in [5.41, 5.74) is 0.900. The van der Waals surface area contributed by atoms with Crippen LogP contribution in [-0.4, -0.2) is 26.8 Å². The van der Waals surface area contributed by atoms with Crippen LogP contribution >= 0.6 is 15.9 Å². The molecule has 21 heavy (non-hydrogen) atoms. The first-order chi connectivity index (χ1) is 9.93. The number of hydrogen-bond donors (Lipinski definition) is 1. The van der Waals surface area contributed by atoms with Gasteiger partial charge in [0, 0.05) is 18.1 Å². The second-order valence-corrected chi connectivity index (χ2v) is 7.53. The third kappa shape index (κ3) is 3.94. The topological polar surface area (TPSA) is 62.6 Å². The number of halogens is 1. The minimum atomic E-state index is -3.62. The Morgan fingerprint density at radius 2 is 2.05 bits per heavy atom. The van der Waals surface area contributed by atoms with Crippen LogP contribution in [0, 0.1) is 0 Å². The van der Waals surface area contributed by atoms with Gasteiger partial charge in [-0.25, -0.2) is 8.42 Å². The Balaban J connectivity index is 2.17. The first-order valence-electron chi connectivity index (χ1n) is 6.37. The molecule has 1 aromatic carbocycles. The van der Waals surface area contributed by atoms with E-state index in [0.29, 0.717) is 12.3 Å². The highest BCUT2D eigenvalue weighted by Gasteiger charge is 2.24. The number of benzene rings is 1. The molecule has 0 amide bonds. The van der Waals surface area contributed by atoms with Crippen LogP contribution in [0.5, 0.6) is 0 Å². The summed E-state index contributed by atoms with van der Waals surface area (Å²) in [6, 6.07) is 10.7. The van der Waals surface area contributed by atoms with Gasteiger partial charge >= 0.3 is 0 Å². The van der Waals surface area contributed by atoms with E-state index in [1.54, 1.807) is 13.1 Å². The summed E-state index contributed by atoms with van der Waals surface area (Å²) in [7, 11) is -0.312. The average Bonchev–Trinajstić information content (AvgIpc) is 2.88. The number of nitrogens with one attached hydrogen (secondary N) is 1. The van der Waals surface area contributed by atoms with Crippen molar-refractivity contribution >= 4 is 26.0 Å². The molecule has 2 aromatic rings. The van der Waals surface area contributed by atoms with Gasteiger partial charge in [-0.3, -0.25) is 0 Å². The Morgan fingerprint density at radius 3 is 2.71 bits per heavy atom. The molecule has 0 saturated carbocycles. The van der Waals surface area contributed by atoms with Crippen molar-refractivity contribution in [1.82, 2.24) is 9.62 Å². The highest BCUT2D eigenvalue weighted by atomic mass is 79.9. The van der Waals surface area contributed by atoms with Crippen molar-refractivity contribution in [3.8, 4) is 0 Å². The molecule has 0 radical (unpaired) electrons. The van der Waals surface area contributed by atoms with Crippen LogP contribution in [0.4, 0.5) is 0 Å². The van der Waals surface area contributed by atoms with E-state index in [1.165, 1.54) is 17.4 Å². The molecule has 1 heterocycles. The van der Waals surface area contributed by atoms with Gasteiger partial charge in [-0.05, 0) is 36.9 Å². The number of hydrogen-bond acceptors (Lipinski definition) is 4. The third-order valence-electron chi connectivity index (χ3n) is 2.95. The molecule has 0 atom stereocenters. The molecule has 0 saturated heterocycles. The highest BCUT2D eigenvalue weighted by Crippen LogP contribution is 2.20. The molecule has 0 aliphatic rings. The van der Waals surface area contributed by atoms with E-state index in [-0.39, 0.29) is 11.6 Å². The number of sulfonamides is 1. The Hall–Kier alpha value is -1.15. The fourth-order valence-corrected chi connectivity index (χ4v) is 3.42. The summed E-state index contributed by atoms with van der Waals surface area (Å²) >= 11 is 3.37. The molecular formula is C14H17BrN2O3S. The summed E-state index contributed by atoms with van der Waals surface area (Å²) < 4.78 is 32.4. The molecule has 1 aromatic heterocycles. The fraction of sp³-hybridized carbons (Fsp3) is 0.286. The molecule has 2 rings (SSSR count). The van der Waals surface area contributed by atoms with Crippen molar-refractivity contribution in [2.45, 2.75) is 18.2 Å². The Morgan fingerprint density at radius 1 is 1.29 bits per heavy atom. The average molecular weight is 373 g/mol. The Bertz CT molecular complexity index is 713. The van der Waals surface area contributed by atoms with Crippen molar-refractivity contribution in [3.05, 3.63) is 52.2 Å². The maximum Gasteiger partial charge on any atom is 0.276 e. The molecule has 0 aliphatic heterocycles. The van der Waals surface area contributed by atoms with Crippen LogP contribution in [0.1, 0.15) is 11.3 Å². The zero-order valence-corrected chi connectivity index (χ0v) is 14.2. The minimum Gasteiger partial charge on any atom is -0.447 e. The third-order valence-corrected chi connectivity index (χ3v) is 5.12. The summed E-state index contributed by atoms with van der Waals surface area (Å²) in [5.74, 6) is 0.590. The van der Waals surface area contributed by atoms with Crippen molar-refractivity contribution in [2.75, 3.05) is 14.1 Å². The molecule has 1 N–H and O–H groups in total. The van der Waals surface area contributed by atoms with E-state index in [9.17, 15) is 8.42 Å². The van der Waals surface area contributed by atoms with Gasteiger partial charge in [0.05, 0.1) is 6.54 Å². The predicted molar refractivity (Wildman–Crippen MR) is 84.3 cm³/mol. The second-order valence-electron chi connectivity index (χ2n) is 4.64. The van der Waals surface area contributed by atoms with Crippen LogP contribution in [-0.2, 0) is 23.1 Å². The lowest BCUT2D eigenvalue weighted by atomic mass is 10.2. The normalized spacial score (nSPS) is 12.0. The minimum absolute atomic E-state index is 0.0368. The van der Waals surface area contributed by atoms with Crippen molar-refractivity contribution < 1.29 is 12.8 Å². The number of furan rings is 1. The molecule has 0 fully saturated rings. The maximum atomic E-state index is 12.4. The SMILES string of the molecule is CNCc1ccc(S(=O)(=O)N(C)Cc2cccc(Br)c2)o1. The van der Waals surface area contributed by atoms with Crippen LogP contribution in [0.2, 0.25) is 0 Å². The van der Waals surface area contributed by atoms with E-state index in [2.05, 4.69) is 21.2 Å². The van der Waals surface area contributed by atoms with Crippen LogP contribution in [0.25, 0.3) is 0 Å². The molecule has 5 nitrogen and oxygen atoms in total. The summed E-state index contributed by atoms with van der Waals surface area (Å²) in [4.78, 5) is 0. The maximum absolute atomic E-state index is 12.4. The predicted octanol–water partition coefficient (Wildman–Crippen LogP) is 2.58. The van der Waals surface area contributed by atoms with Gasteiger partial charge in [-0.1, -0.05) is 28.1 Å². The lowest BCUT2D eigenvalue weighted by Crippen LogP contribution is -2.26. The summed E-state index contributed by atoms with van der Waals surface area (Å²) in [5, 5.41) is 2.88. The molecule has 0 aliphatic carbocycles. The van der Waals surface area contributed by atoms with Crippen LogP contribution < -0.4 is 5.32 Å². The van der Waals surface area contributed by atoms with E-state index in [1.807, 2.05) is 24.3 Å². The van der Waals surface area contributed by atoms with Gasteiger partial charge in [0.2, 0.25) is 5.09 Å². The lowest BCUT2D eigenvalue weighted by molar-refractivity contribution is 0.382. The van der Waals surface area contributed by atoms with Crippen molar-refractivity contribution in [3.63, 3.8) is 0 Å². The Labute approximate surface area is 133 Å². The van der Waals surface area contributed by atoms with Crippen molar-refractivity contribution in [1.29, 1.82) is 0 Å². The van der Waals surface area contributed by atoms with Crippen LogP contribution in [0.15, 0.2) is 50.4 Å². The number of nitrogens with zero attached hydrogens (tertiary/aromatic N) is 1. The molecule has 114 valence electrons. The van der Waals surface area contributed by atoms with Gasteiger partial charge in [0.25, 0.3) is 10.0 Å². The quantitative estimate of drug-likeness (QED) is 0.846. The van der Waals surface area contributed by atoms with E-state index >= 15 is 0 Å². The standard InChI is InChI=1S/C14H17BrN2O3S/c1-16-9-13-6-7-14(20-13)21(18,19)17(2)10-11-4-3-5-12(15)8-11/h3-8,16H,9-10H2,1-2H3. The molecule has 0 unspecified atom stereocenters. The first-order valence-corrected chi connectivity index (χ1v) is 8.61. The zero-order chi connectivity index (χ0) is 15.5. The largest absolute Gasteiger partial charge is 0.447 e. The second kappa shape index (κ2) is 6.74. The van der Waals surface area contributed by atoms with Crippen LogP contribution in [0.3, 0.4) is 0 Å². The number of rotatable bonds is 6. The highest BCUT2D eigenvalue weighted by molar-refractivity contribution is 9.10. The monoisotopic (exact) mass is 372 g/mol. The van der Waals surface area contributed by atoms with Crippen molar-refractivity contribution in [2.24, 2.45) is 0 Å². The Kier molecular flexibility index (Phi) is 5.21. The fourth-order valence-electron chi connectivity index (χ4n) is 1.90. The van der Waals surface area contributed by atoms with E-state index < -0.39 is 10.0 Å². The lowest BCUT2D eigenvalue weighted by Gasteiger charge is -2.15. The summed E-state index contributed by atoms with van der Waals surface area (Å²) in [6.45, 7) is 0.773. The molecule has 0 spiro atoms. The summed E-state index contributed by atoms with van der Waals surface area (Å²) in [6.07, 6.45) is 0. The van der Waals surface area contributed by atoms with Gasteiger partial charge in [0.1, 0.15) is 5.76 Å². The van der Waals surface area contributed by atoms with Gasteiger partial charge in [-0.15, -0.1) is 0 Å². The zero-order valence-electron chi connectivity index (χ0n) is 11.8. The first kappa shape index (κ1) is 16.2. The van der Waals surface area contributed by atoms with E-state index in [0.717, 1.165) is 10.0 Å².